The summed E-state index contributed by atoms with van der Waals surface area (Å²) in [6.07, 6.45) is 2.56. The maximum atomic E-state index is 10.5. The van der Waals surface area contributed by atoms with Crippen LogP contribution in [0.3, 0.4) is 0 Å². The topological polar surface area (TPSA) is 56.0 Å². The van der Waals surface area contributed by atoms with E-state index >= 15 is 0 Å². The lowest BCUT2D eigenvalue weighted by Crippen LogP contribution is -1.93. The van der Waals surface area contributed by atoms with Crippen LogP contribution in [0.1, 0.15) is 13.3 Å². The van der Waals surface area contributed by atoms with Gasteiger partial charge in [-0.3, -0.25) is 10.1 Å². The number of hydrogen-bond acceptors (Lipinski definition) is 4. The summed E-state index contributed by atoms with van der Waals surface area (Å²) in [5, 5.41) is 11.0. The molecule has 1 rings (SSSR count). The molecule has 70 valence electrons. The van der Waals surface area contributed by atoms with Gasteiger partial charge in [-0.15, -0.1) is 0 Å². The van der Waals surface area contributed by atoms with E-state index in [1.54, 1.807) is 12.3 Å². The number of rotatable bonds is 4. The number of nitro groups is 1. The van der Waals surface area contributed by atoms with E-state index in [1.165, 1.54) is 17.8 Å². The third-order valence-electron chi connectivity index (χ3n) is 1.39. The van der Waals surface area contributed by atoms with Crippen LogP contribution in [-0.4, -0.2) is 15.7 Å². The van der Waals surface area contributed by atoms with Gasteiger partial charge in [0.2, 0.25) is 0 Å². The highest BCUT2D eigenvalue weighted by Crippen LogP contribution is 2.26. The van der Waals surface area contributed by atoms with Crippen LogP contribution in [-0.2, 0) is 0 Å². The summed E-state index contributed by atoms with van der Waals surface area (Å²) in [5.41, 5.74) is 0.0981. The summed E-state index contributed by atoms with van der Waals surface area (Å²) < 4.78 is 0. The standard InChI is InChI=1S/C8H10N2O2S/c1-2-6-13-8-7(10(11)12)4-3-5-9-8/h3-5H,2,6H2,1H3. The van der Waals surface area contributed by atoms with Gasteiger partial charge in [0.1, 0.15) is 0 Å². The second-order valence-electron chi connectivity index (χ2n) is 2.43. The molecular formula is C8H10N2O2S. The number of nitrogens with zero attached hydrogens (tertiary/aromatic N) is 2. The summed E-state index contributed by atoms with van der Waals surface area (Å²) in [6, 6.07) is 3.05. The third kappa shape index (κ3) is 2.69. The van der Waals surface area contributed by atoms with Crippen molar-refractivity contribution < 1.29 is 4.92 Å². The molecule has 0 radical (unpaired) electrons. The van der Waals surface area contributed by atoms with Gasteiger partial charge in [0, 0.05) is 12.3 Å². The van der Waals surface area contributed by atoms with E-state index in [-0.39, 0.29) is 5.69 Å². The number of thioether (sulfide) groups is 1. The first kappa shape index (κ1) is 9.98. The predicted molar refractivity (Wildman–Crippen MR) is 51.9 cm³/mol. The van der Waals surface area contributed by atoms with Crippen LogP contribution in [0.2, 0.25) is 0 Å². The molecule has 0 saturated carbocycles. The molecule has 1 aromatic heterocycles. The second kappa shape index (κ2) is 4.81. The largest absolute Gasteiger partial charge is 0.301 e. The van der Waals surface area contributed by atoms with Gasteiger partial charge in [-0.25, -0.2) is 4.98 Å². The molecule has 0 saturated heterocycles. The van der Waals surface area contributed by atoms with Gasteiger partial charge >= 0.3 is 5.69 Å². The Balaban J connectivity index is 2.84. The summed E-state index contributed by atoms with van der Waals surface area (Å²) in [7, 11) is 0. The molecule has 0 bridgehead atoms. The Hall–Kier alpha value is -1.10. The third-order valence-corrected chi connectivity index (χ3v) is 2.59. The Morgan fingerprint density at radius 1 is 1.69 bits per heavy atom. The van der Waals surface area contributed by atoms with Crippen molar-refractivity contribution >= 4 is 17.4 Å². The first-order valence-electron chi connectivity index (χ1n) is 3.98. The Kier molecular flexibility index (Phi) is 3.70. The highest BCUT2D eigenvalue weighted by molar-refractivity contribution is 7.99. The van der Waals surface area contributed by atoms with Crippen molar-refractivity contribution in [2.24, 2.45) is 0 Å². The average molecular weight is 198 g/mol. The minimum Gasteiger partial charge on any atom is -0.258 e. The molecule has 0 fully saturated rings. The molecule has 1 aromatic rings. The molecule has 1 heterocycles. The molecule has 0 atom stereocenters. The highest BCUT2D eigenvalue weighted by Gasteiger charge is 2.13. The Labute approximate surface area is 80.5 Å². The molecule has 0 aliphatic heterocycles. The van der Waals surface area contributed by atoms with Crippen molar-refractivity contribution in [3.8, 4) is 0 Å². The first-order chi connectivity index (χ1) is 6.25. The summed E-state index contributed by atoms with van der Waals surface area (Å²) >= 11 is 1.42. The van der Waals surface area contributed by atoms with E-state index in [4.69, 9.17) is 0 Å². The molecule has 0 spiro atoms. The van der Waals surface area contributed by atoms with Crippen molar-refractivity contribution in [3.63, 3.8) is 0 Å². The Morgan fingerprint density at radius 2 is 2.46 bits per heavy atom. The lowest BCUT2D eigenvalue weighted by atomic mass is 10.4. The van der Waals surface area contributed by atoms with Crippen molar-refractivity contribution in [2.45, 2.75) is 18.4 Å². The fourth-order valence-corrected chi connectivity index (χ4v) is 1.65. The minimum absolute atomic E-state index is 0.0981. The maximum absolute atomic E-state index is 10.5. The smallest absolute Gasteiger partial charge is 0.258 e. The van der Waals surface area contributed by atoms with Gasteiger partial charge in [0.05, 0.1) is 4.92 Å². The van der Waals surface area contributed by atoms with E-state index in [1.807, 2.05) is 6.92 Å². The summed E-state index contributed by atoms with van der Waals surface area (Å²) in [4.78, 5) is 14.1. The van der Waals surface area contributed by atoms with Crippen molar-refractivity contribution in [1.29, 1.82) is 0 Å². The summed E-state index contributed by atoms with van der Waals surface area (Å²) in [5.74, 6) is 0.859. The fraction of sp³-hybridized carbons (Fsp3) is 0.375. The summed E-state index contributed by atoms with van der Waals surface area (Å²) in [6.45, 7) is 2.03. The fourth-order valence-electron chi connectivity index (χ4n) is 0.831. The number of aromatic nitrogens is 1. The molecular weight excluding hydrogens is 188 g/mol. The van der Waals surface area contributed by atoms with Crippen molar-refractivity contribution in [3.05, 3.63) is 28.4 Å². The van der Waals surface area contributed by atoms with E-state index in [0.29, 0.717) is 5.03 Å². The van der Waals surface area contributed by atoms with Crippen LogP contribution < -0.4 is 0 Å². The first-order valence-corrected chi connectivity index (χ1v) is 4.96. The number of hydrogen-bond donors (Lipinski definition) is 0. The normalized spacial score (nSPS) is 9.92. The van der Waals surface area contributed by atoms with Crippen molar-refractivity contribution in [1.82, 2.24) is 4.98 Å². The maximum Gasteiger partial charge on any atom is 0.301 e. The van der Waals surface area contributed by atoms with Gasteiger partial charge in [-0.2, -0.15) is 0 Å². The quantitative estimate of drug-likeness (QED) is 0.423. The van der Waals surface area contributed by atoms with Gasteiger partial charge in [-0.1, -0.05) is 18.7 Å². The lowest BCUT2D eigenvalue weighted by molar-refractivity contribution is -0.388. The van der Waals surface area contributed by atoms with Gasteiger partial charge in [0.15, 0.2) is 5.03 Å². The molecule has 0 aliphatic carbocycles. The molecule has 0 N–H and O–H groups in total. The Bertz CT molecular complexity index is 304. The zero-order chi connectivity index (χ0) is 9.68. The lowest BCUT2D eigenvalue weighted by Gasteiger charge is -1.98. The molecule has 13 heavy (non-hydrogen) atoms. The van der Waals surface area contributed by atoms with Crippen LogP contribution in [0.4, 0.5) is 5.69 Å². The van der Waals surface area contributed by atoms with Gasteiger partial charge in [-0.05, 0) is 18.2 Å². The monoisotopic (exact) mass is 198 g/mol. The predicted octanol–water partition coefficient (Wildman–Crippen LogP) is 2.49. The zero-order valence-corrected chi connectivity index (χ0v) is 8.08. The van der Waals surface area contributed by atoms with Crippen LogP contribution in [0.25, 0.3) is 0 Å². The van der Waals surface area contributed by atoms with E-state index in [0.717, 1.165) is 12.2 Å². The highest BCUT2D eigenvalue weighted by atomic mass is 32.2. The second-order valence-corrected chi connectivity index (χ2v) is 3.52. The van der Waals surface area contributed by atoms with Crippen LogP contribution in [0.15, 0.2) is 23.4 Å². The van der Waals surface area contributed by atoms with Gasteiger partial charge in [0.25, 0.3) is 0 Å². The van der Waals surface area contributed by atoms with Crippen LogP contribution >= 0.6 is 11.8 Å². The van der Waals surface area contributed by atoms with Crippen LogP contribution in [0, 0.1) is 10.1 Å². The molecule has 0 aliphatic rings. The van der Waals surface area contributed by atoms with E-state index in [9.17, 15) is 10.1 Å². The zero-order valence-electron chi connectivity index (χ0n) is 7.27. The molecule has 0 aromatic carbocycles. The minimum atomic E-state index is -0.398. The van der Waals surface area contributed by atoms with E-state index in [2.05, 4.69) is 4.98 Å². The average Bonchev–Trinajstić information content (AvgIpc) is 2.15. The molecule has 0 unspecified atom stereocenters. The van der Waals surface area contributed by atoms with Crippen molar-refractivity contribution in [2.75, 3.05) is 5.75 Å². The molecule has 5 heteroatoms. The molecule has 0 amide bonds. The number of pyridine rings is 1. The molecule has 4 nitrogen and oxygen atoms in total. The van der Waals surface area contributed by atoms with E-state index < -0.39 is 4.92 Å². The Morgan fingerprint density at radius 3 is 3.08 bits per heavy atom. The van der Waals surface area contributed by atoms with Crippen LogP contribution in [0.5, 0.6) is 0 Å². The van der Waals surface area contributed by atoms with Gasteiger partial charge < -0.3 is 0 Å². The SMILES string of the molecule is CCCSc1ncccc1[N+](=O)[O-].